The summed E-state index contributed by atoms with van der Waals surface area (Å²) < 4.78 is 10.7. The predicted octanol–water partition coefficient (Wildman–Crippen LogP) is 2.89. The molecule has 1 aliphatic rings. The van der Waals surface area contributed by atoms with Crippen LogP contribution >= 0.6 is 11.3 Å². The number of likely N-dealkylation sites (N-methyl/N-ethyl adjacent to an activating group) is 1. The highest BCUT2D eigenvalue weighted by molar-refractivity contribution is 7.17. The summed E-state index contributed by atoms with van der Waals surface area (Å²) in [6, 6.07) is 3.67. The Kier molecular flexibility index (Phi) is 6.91. The first-order chi connectivity index (χ1) is 14.3. The van der Waals surface area contributed by atoms with Crippen molar-refractivity contribution in [2.24, 2.45) is 5.92 Å². The molecule has 2 amide bonds. The number of hydrogen-bond donors (Lipinski definition) is 0. The van der Waals surface area contributed by atoms with Gasteiger partial charge in [-0.1, -0.05) is 0 Å². The second kappa shape index (κ2) is 9.42. The van der Waals surface area contributed by atoms with Gasteiger partial charge in [-0.3, -0.25) is 14.4 Å². The van der Waals surface area contributed by atoms with Crippen LogP contribution in [0.1, 0.15) is 40.9 Å². The molecule has 1 atom stereocenters. The fourth-order valence-electron chi connectivity index (χ4n) is 3.45. The molecule has 8 nitrogen and oxygen atoms in total. The molecule has 1 aliphatic heterocycles. The van der Waals surface area contributed by atoms with Crippen molar-refractivity contribution in [3.8, 4) is 10.8 Å². The number of likely N-dealkylation sites (tertiary alicyclic amines) is 1. The molecule has 30 heavy (non-hydrogen) atoms. The van der Waals surface area contributed by atoms with Gasteiger partial charge in [-0.15, -0.1) is 11.3 Å². The lowest BCUT2D eigenvalue weighted by Gasteiger charge is -2.32. The third-order valence-electron chi connectivity index (χ3n) is 5.06. The van der Waals surface area contributed by atoms with Crippen LogP contribution in [0.3, 0.4) is 0 Å². The molecule has 0 aliphatic carbocycles. The average Bonchev–Trinajstić information content (AvgIpc) is 3.33. The summed E-state index contributed by atoms with van der Waals surface area (Å²) in [6.45, 7) is 6.58. The summed E-state index contributed by atoms with van der Waals surface area (Å²) in [5, 5.41) is 0.636. The van der Waals surface area contributed by atoms with E-state index in [4.69, 9.17) is 9.15 Å². The van der Waals surface area contributed by atoms with E-state index in [0.29, 0.717) is 47.5 Å². The van der Waals surface area contributed by atoms with E-state index in [1.165, 1.54) is 16.2 Å². The average molecular weight is 434 g/mol. The SMILES string of the molecule is CCOC(=O)C1CCCN(C(=O)CN(C)C(=O)c2sc(-c3ccc(C)o3)nc2C)C1. The number of carbonyl (C=O) groups is 3. The van der Waals surface area contributed by atoms with E-state index in [-0.39, 0.29) is 30.2 Å². The summed E-state index contributed by atoms with van der Waals surface area (Å²) in [5.41, 5.74) is 0.605. The highest BCUT2D eigenvalue weighted by Gasteiger charge is 2.30. The number of aryl methyl sites for hydroxylation is 2. The summed E-state index contributed by atoms with van der Waals surface area (Å²) in [5.74, 6) is 0.399. The standard InChI is InChI=1S/C21H27N3O5S/c1-5-28-21(27)15-7-6-10-24(11-15)17(25)12-23(4)20(26)18-14(3)22-19(30-18)16-9-8-13(2)29-16/h8-9,15H,5-7,10-12H2,1-4H3. The number of hydrogen-bond acceptors (Lipinski definition) is 7. The fourth-order valence-corrected chi connectivity index (χ4v) is 4.48. The van der Waals surface area contributed by atoms with Crippen molar-refractivity contribution in [1.29, 1.82) is 0 Å². The number of esters is 1. The Hall–Kier alpha value is -2.68. The summed E-state index contributed by atoms with van der Waals surface area (Å²) in [4.78, 5) is 45.6. The number of amides is 2. The maximum atomic E-state index is 12.9. The highest BCUT2D eigenvalue weighted by atomic mass is 32.1. The van der Waals surface area contributed by atoms with Crippen LogP contribution in [0, 0.1) is 19.8 Å². The van der Waals surface area contributed by atoms with Crippen LogP contribution in [0.15, 0.2) is 16.5 Å². The Morgan fingerprint density at radius 2 is 2.10 bits per heavy atom. The Bertz CT molecular complexity index is 935. The van der Waals surface area contributed by atoms with Crippen LogP contribution in [-0.4, -0.2) is 65.9 Å². The molecule has 9 heteroatoms. The van der Waals surface area contributed by atoms with Crippen molar-refractivity contribution < 1.29 is 23.5 Å². The van der Waals surface area contributed by atoms with Crippen LogP contribution in [0.25, 0.3) is 10.8 Å². The van der Waals surface area contributed by atoms with Crippen molar-refractivity contribution in [3.63, 3.8) is 0 Å². The fraction of sp³-hybridized carbons (Fsp3) is 0.524. The minimum Gasteiger partial charge on any atom is -0.466 e. The van der Waals surface area contributed by atoms with Crippen LogP contribution in [0.4, 0.5) is 0 Å². The van der Waals surface area contributed by atoms with E-state index in [0.717, 1.165) is 12.2 Å². The quantitative estimate of drug-likeness (QED) is 0.651. The summed E-state index contributed by atoms with van der Waals surface area (Å²) >= 11 is 1.25. The molecule has 162 valence electrons. The molecule has 1 unspecified atom stereocenters. The van der Waals surface area contributed by atoms with Gasteiger partial charge < -0.3 is 19.0 Å². The van der Waals surface area contributed by atoms with Crippen LogP contribution < -0.4 is 0 Å². The number of piperidine rings is 1. The molecular weight excluding hydrogens is 406 g/mol. The number of ether oxygens (including phenoxy) is 1. The van der Waals surface area contributed by atoms with E-state index in [1.54, 1.807) is 25.8 Å². The van der Waals surface area contributed by atoms with Gasteiger partial charge in [0.05, 0.1) is 24.8 Å². The first kappa shape index (κ1) is 22.0. The molecule has 0 saturated carbocycles. The van der Waals surface area contributed by atoms with Crippen LogP contribution in [0.2, 0.25) is 0 Å². The second-order valence-corrected chi connectivity index (χ2v) is 8.44. The summed E-state index contributed by atoms with van der Waals surface area (Å²) in [7, 11) is 1.60. The maximum absolute atomic E-state index is 12.9. The topological polar surface area (TPSA) is 93.0 Å². The van der Waals surface area contributed by atoms with Gasteiger partial charge in [0.15, 0.2) is 10.8 Å². The number of aromatic nitrogens is 1. The van der Waals surface area contributed by atoms with E-state index in [9.17, 15) is 14.4 Å². The predicted molar refractivity (Wildman–Crippen MR) is 112 cm³/mol. The first-order valence-corrected chi connectivity index (χ1v) is 10.9. The monoisotopic (exact) mass is 433 g/mol. The van der Waals surface area contributed by atoms with Gasteiger partial charge in [0.2, 0.25) is 5.91 Å². The maximum Gasteiger partial charge on any atom is 0.310 e. The van der Waals surface area contributed by atoms with Gasteiger partial charge in [0.25, 0.3) is 5.91 Å². The molecular formula is C21H27N3O5S. The molecule has 1 fully saturated rings. The number of nitrogens with zero attached hydrogens (tertiary/aromatic N) is 3. The number of rotatable bonds is 6. The minimum atomic E-state index is -0.299. The third kappa shape index (κ3) is 4.89. The van der Waals surface area contributed by atoms with Crippen LogP contribution in [-0.2, 0) is 14.3 Å². The third-order valence-corrected chi connectivity index (χ3v) is 6.22. The molecule has 3 heterocycles. The zero-order valence-electron chi connectivity index (χ0n) is 17.8. The van der Waals surface area contributed by atoms with Crippen molar-refractivity contribution in [2.45, 2.75) is 33.6 Å². The van der Waals surface area contributed by atoms with E-state index < -0.39 is 0 Å². The molecule has 3 rings (SSSR count). The first-order valence-electron chi connectivity index (χ1n) is 10.0. The molecule has 2 aromatic rings. The smallest absolute Gasteiger partial charge is 0.310 e. The number of carbonyl (C=O) groups excluding carboxylic acids is 3. The van der Waals surface area contributed by atoms with Gasteiger partial charge in [-0.05, 0) is 45.7 Å². The molecule has 1 saturated heterocycles. The van der Waals surface area contributed by atoms with E-state index >= 15 is 0 Å². The highest BCUT2D eigenvalue weighted by Crippen LogP contribution is 2.30. The molecule has 0 spiro atoms. The van der Waals surface area contributed by atoms with Gasteiger partial charge in [0.1, 0.15) is 10.6 Å². The largest absolute Gasteiger partial charge is 0.466 e. The van der Waals surface area contributed by atoms with Gasteiger partial charge in [-0.2, -0.15) is 0 Å². The molecule has 2 aromatic heterocycles. The van der Waals surface area contributed by atoms with Crippen LogP contribution in [0.5, 0.6) is 0 Å². The molecule has 0 aromatic carbocycles. The normalized spacial score (nSPS) is 16.4. The van der Waals surface area contributed by atoms with Gasteiger partial charge in [-0.25, -0.2) is 4.98 Å². The zero-order valence-corrected chi connectivity index (χ0v) is 18.6. The van der Waals surface area contributed by atoms with Gasteiger partial charge in [0, 0.05) is 20.1 Å². The second-order valence-electron chi connectivity index (χ2n) is 7.44. The Morgan fingerprint density at radius 3 is 2.77 bits per heavy atom. The van der Waals surface area contributed by atoms with Crippen molar-refractivity contribution >= 4 is 29.1 Å². The van der Waals surface area contributed by atoms with Crippen molar-refractivity contribution in [3.05, 3.63) is 28.5 Å². The van der Waals surface area contributed by atoms with Crippen molar-refractivity contribution in [2.75, 3.05) is 33.3 Å². The molecule has 0 bridgehead atoms. The van der Waals surface area contributed by atoms with E-state index in [1.807, 2.05) is 19.1 Å². The minimum absolute atomic E-state index is 0.0547. The Labute approximate surface area is 179 Å². The lowest BCUT2D eigenvalue weighted by atomic mass is 9.98. The molecule has 0 radical (unpaired) electrons. The lowest BCUT2D eigenvalue weighted by Crippen LogP contribution is -2.47. The number of furan rings is 1. The number of thiazole rings is 1. The summed E-state index contributed by atoms with van der Waals surface area (Å²) in [6.07, 6.45) is 1.46. The van der Waals surface area contributed by atoms with E-state index in [2.05, 4.69) is 4.98 Å². The zero-order chi connectivity index (χ0) is 21.8. The van der Waals surface area contributed by atoms with Gasteiger partial charge >= 0.3 is 5.97 Å². The van der Waals surface area contributed by atoms with Crippen molar-refractivity contribution in [1.82, 2.24) is 14.8 Å². The lowest BCUT2D eigenvalue weighted by molar-refractivity contribution is -0.151. The molecule has 0 N–H and O–H groups in total. The Morgan fingerprint density at radius 1 is 1.33 bits per heavy atom. The Balaban J connectivity index is 1.63.